The molecular formula is C18H15F4N3O2. The topological polar surface area (TPSA) is 52.7 Å². The molecule has 0 atom stereocenters. The Morgan fingerprint density at radius 2 is 1.63 bits per heavy atom. The van der Waals surface area contributed by atoms with Gasteiger partial charge in [0.15, 0.2) is 0 Å². The second-order valence-electron chi connectivity index (χ2n) is 5.96. The van der Waals surface area contributed by atoms with Gasteiger partial charge >= 0.3 is 12.2 Å². The highest BCUT2D eigenvalue weighted by molar-refractivity contribution is 5.99. The minimum atomic E-state index is -4.45. The molecule has 0 unspecified atom stereocenters. The molecule has 0 saturated carbocycles. The maximum atomic E-state index is 13.0. The second-order valence-corrected chi connectivity index (χ2v) is 5.96. The van der Waals surface area contributed by atoms with E-state index in [4.69, 9.17) is 0 Å². The number of nitrogens with one attached hydrogen (secondary N) is 1. The van der Waals surface area contributed by atoms with Crippen molar-refractivity contribution < 1.29 is 27.2 Å². The van der Waals surface area contributed by atoms with Crippen molar-refractivity contribution in [2.24, 2.45) is 0 Å². The number of nitrogens with zero attached hydrogens (tertiary/aromatic N) is 2. The number of carbonyl (C=O) groups excluding carboxylic acids is 2. The molecule has 3 rings (SSSR count). The number of anilines is 2. The van der Waals surface area contributed by atoms with Crippen LogP contribution in [0, 0.1) is 5.82 Å². The minimum absolute atomic E-state index is 0.204. The maximum Gasteiger partial charge on any atom is 0.416 e. The average molecular weight is 381 g/mol. The van der Waals surface area contributed by atoms with Crippen LogP contribution in [0.3, 0.4) is 0 Å². The van der Waals surface area contributed by atoms with Crippen molar-refractivity contribution in [3.8, 4) is 0 Å². The summed E-state index contributed by atoms with van der Waals surface area (Å²) in [5, 5.41) is 2.46. The largest absolute Gasteiger partial charge is 0.416 e. The first kappa shape index (κ1) is 18.7. The normalized spacial score (nSPS) is 14.6. The third-order valence-corrected chi connectivity index (χ3v) is 4.06. The van der Waals surface area contributed by atoms with E-state index in [-0.39, 0.29) is 12.2 Å². The molecule has 3 amide bonds. The lowest BCUT2D eigenvalue weighted by Gasteiger charge is -2.18. The van der Waals surface area contributed by atoms with Gasteiger partial charge in [0.25, 0.3) is 0 Å². The van der Waals surface area contributed by atoms with Crippen molar-refractivity contribution in [1.82, 2.24) is 4.90 Å². The minimum Gasteiger partial charge on any atom is -0.325 e. The average Bonchev–Trinajstić information content (AvgIpc) is 2.96. The zero-order valence-corrected chi connectivity index (χ0v) is 14.0. The van der Waals surface area contributed by atoms with E-state index < -0.39 is 29.5 Å². The van der Waals surface area contributed by atoms with Crippen LogP contribution in [0.5, 0.6) is 0 Å². The van der Waals surface area contributed by atoms with Gasteiger partial charge in [0, 0.05) is 24.5 Å². The predicted octanol–water partition coefficient (Wildman–Crippen LogP) is 3.73. The summed E-state index contributed by atoms with van der Waals surface area (Å²) in [7, 11) is 0. The molecule has 1 heterocycles. The summed E-state index contributed by atoms with van der Waals surface area (Å²) in [5.74, 6) is -0.942. The molecule has 0 aromatic heterocycles. The number of urea groups is 1. The van der Waals surface area contributed by atoms with E-state index in [0.717, 1.165) is 24.3 Å². The molecule has 0 spiro atoms. The first-order valence-corrected chi connectivity index (χ1v) is 8.03. The lowest BCUT2D eigenvalue weighted by molar-refractivity contribution is -0.137. The van der Waals surface area contributed by atoms with E-state index in [9.17, 15) is 27.2 Å². The summed E-state index contributed by atoms with van der Waals surface area (Å²) in [4.78, 5) is 27.2. The van der Waals surface area contributed by atoms with Crippen LogP contribution in [0.4, 0.5) is 33.7 Å². The number of alkyl halides is 3. The van der Waals surface area contributed by atoms with Crippen LogP contribution in [0.15, 0.2) is 48.5 Å². The van der Waals surface area contributed by atoms with Crippen LogP contribution in [0.25, 0.3) is 0 Å². The molecule has 2 aromatic carbocycles. The van der Waals surface area contributed by atoms with Crippen LogP contribution in [0.1, 0.15) is 5.56 Å². The molecule has 0 bridgehead atoms. The lowest BCUT2D eigenvalue weighted by atomic mass is 10.2. The van der Waals surface area contributed by atoms with Gasteiger partial charge in [-0.05, 0) is 48.5 Å². The zero-order chi connectivity index (χ0) is 19.6. The highest BCUT2D eigenvalue weighted by atomic mass is 19.4. The highest BCUT2D eigenvalue weighted by Gasteiger charge is 2.31. The number of halogens is 4. The van der Waals surface area contributed by atoms with E-state index in [2.05, 4.69) is 5.32 Å². The standard InChI is InChI=1S/C18H15F4N3O2/c19-13-3-7-15(8-4-13)25-10-9-24(17(25)27)11-16(26)23-14-5-1-12(2-6-14)18(20,21)22/h1-8H,9-11H2,(H,23,26). The predicted molar refractivity (Wildman–Crippen MR) is 90.8 cm³/mol. The van der Waals surface area contributed by atoms with E-state index in [0.29, 0.717) is 18.8 Å². The van der Waals surface area contributed by atoms with Gasteiger partial charge in [-0.25, -0.2) is 9.18 Å². The Morgan fingerprint density at radius 3 is 2.22 bits per heavy atom. The molecule has 142 valence electrons. The summed E-state index contributed by atoms with van der Waals surface area (Å²) in [6.07, 6.45) is -4.45. The first-order chi connectivity index (χ1) is 12.7. The molecular weight excluding hydrogens is 366 g/mol. The Morgan fingerprint density at radius 1 is 1.00 bits per heavy atom. The quantitative estimate of drug-likeness (QED) is 0.821. The highest BCUT2D eigenvalue weighted by Crippen LogP contribution is 2.29. The Bertz CT molecular complexity index is 835. The summed E-state index contributed by atoms with van der Waals surface area (Å²) in [6.45, 7) is 0.409. The van der Waals surface area contributed by atoms with Crippen molar-refractivity contribution in [1.29, 1.82) is 0 Å². The molecule has 0 radical (unpaired) electrons. The molecule has 9 heteroatoms. The van der Waals surface area contributed by atoms with Gasteiger partial charge < -0.3 is 10.2 Å². The third kappa shape index (κ3) is 4.36. The Kier molecular flexibility index (Phi) is 5.02. The number of rotatable bonds is 4. The van der Waals surface area contributed by atoms with Crippen LogP contribution >= 0.6 is 0 Å². The molecule has 0 aliphatic carbocycles. The second kappa shape index (κ2) is 7.26. The van der Waals surface area contributed by atoms with Crippen LogP contribution in [-0.4, -0.2) is 36.5 Å². The van der Waals surface area contributed by atoms with Gasteiger partial charge in [-0.3, -0.25) is 9.69 Å². The third-order valence-electron chi connectivity index (χ3n) is 4.06. The van der Waals surface area contributed by atoms with Crippen molar-refractivity contribution in [2.45, 2.75) is 6.18 Å². The first-order valence-electron chi connectivity index (χ1n) is 8.03. The number of hydrogen-bond donors (Lipinski definition) is 1. The molecule has 5 nitrogen and oxygen atoms in total. The van der Waals surface area contributed by atoms with E-state index >= 15 is 0 Å². The summed E-state index contributed by atoms with van der Waals surface area (Å²) >= 11 is 0. The van der Waals surface area contributed by atoms with Crippen molar-refractivity contribution in [3.05, 3.63) is 59.9 Å². The lowest BCUT2D eigenvalue weighted by Crippen LogP contribution is -2.37. The zero-order valence-electron chi connectivity index (χ0n) is 14.0. The number of amides is 3. The fourth-order valence-corrected chi connectivity index (χ4v) is 2.71. The van der Waals surface area contributed by atoms with Crippen molar-refractivity contribution in [3.63, 3.8) is 0 Å². The molecule has 1 N–H and O–H groups in total. The van der Waals surface area contributed by atoms with Crippen LogP contribution in [-0.2, 0) is 11.0 Å². The Balaban J connectivity index is 1.58. The molecule has 2 aromatic rings. The molecule has 1 saturated heterocycles. The Hall–Kier alpha value is -3.10. The number of benzene rings is 2. The van der Waals surface area contributed by atoms with E-state index in [1.54, 1.807) is 0 Å². The van der Waals surface area contributed by atoms with Crippen molar-refractivity contribution >= 4 is 23.3 Å². The van der Waals surface area contributed by atoms with Crippen LogP contribution < -0.4 is 10.2 Å². The van der Waals surface area contributed by atoms with Gasteiger partial charge in [-0.1, -0.05) is 0 Å². The van der Waals surface area contributed by atoms with Gasteiger partial charge in [0.2, 0.25) is 5.91 Å². The smallest absolute Gasteiger partial charge is 0.325 e. The summed E-state index contributed by atoms with van der Waals surface area (Å²) in [5.41, 5.74) is -0.0905. The van der Waals surface area contributed by atoms with E-state index in [1.807, 2.05) is 0 Å². The molecule has 1 fully saturated rings. The molecule has 1 aliphatic rings. The summed E-state index contributed by atoms with van der Waals surface area (Å²) < 4.78 is 50.6. The maximum absolute atomic E-state index is 13.0. The fraction of sp³-hybridized carbons (Fsp3) is 0.222. The van der Waals surface area contributed by atoms with Gasteiger partial charge in [-0.2, -0.15) is 13.2 Å². The Labute approximate surface area is 152 Å². The molecule has 27 heavy (non-hydrogen) atoms. The van der Waals surface area contributed by atoms with Crippen LogP contribution in [0.2, 0.25) is 0 Å². The monoisotopic (exact) mass is 381 g/mol. The van der Waals surface area contributed by atoms with Gasteiger partial charge in [0.05, 0.1) is 5.56 Å². The van der Waals surface area contributed by atoms with Crippen molar-refractivity contribution in [2.75, 3.05) is 29.9 Å². The number of carbonyl (C=O) groups is 2. The fourth-order valence-electron chi connectivity index (χ4n) is 2.71. The number of hydrogen-bond acceptors (Lipinski definition) is 2. The van der Waals surface area contributed by atoms with Gasteiger partial charge in [-0.15, -0.1) is 0 Å². The van der Waals surface area contributed by atoms with Gasteiger partial charge in [0.1, 0.15) is 12.4 Å². The SMILES string of the molecule is O=C(CN1CCN(c2ccc(F)cc2)C1=O)Nc1ccc(C(F)(F)F)cc1. The summed E-state index contributed by atoms with van der Waals surface area (Å²) in [6, 6.07) is 9.06. The molecule has 1 aliphatic heterocycles. The van der Waals surface area contributed by atoms with E-state index in [1.165, 1.54) is 34.1 Å².